The van der Waals surface area contributed by atoms with Crippen LogP contribution >= 0.6 is 22.7 Å². The highest BCUT2D eigenvalue weighted by atomic mass is 32.1. The number of ether oxygens (including phenoxy) is 1. The topological polar surface area (TPSA) is 51.2 Å². The third-order valence-electron chi connectivity index (χ3n) is 3.46. The molecule has 0 saturated carbocycles. The van der Waals surface area contributed by atoms with Crippen LogP contribution in [0.25, 0.3) is 9.88 Å². The van der Waals surface area contributed by atoms with Crippen molar-refractivity contribution in [3.8, 4) is 15.6 Å². The monoisotopic (exact) mass is 358 g/mol. The molecule has 0 aliphatic carbocycles. The second kappa shape index (κ2) is 7.59. The minimum atomic E-state index is -0.0940. The number of aromatic nitrogens is 1. The molecule has 1 N–H and O–H groups in total. The fourth-order valence-electron chi connectivity index (χ4n) is 2.23. The van der Waals surface area contributed by atoms with Crippen molar-refractivity contribution in [2.24, 2.45) is 0 Å². The van der Waals surface area contributed by atoms with Crippen LogP contribution in [-0.4, -0.2) is 17.5 Å². The van der Waals surface area contributed by atoms with Gasteiger partial charge in [0.15, 0.2) is 0 Å². The Hall–Kier alpha value is -2.18. The van der Waals surface area contributed by atoms with Crippen molar-refractivity contribution in [3.05, 3.63) is 57.9 Å². The van der Waals surface area contributed by atoms with Crippen LogP contribution in [0.3, 0.4) is 0 Å². The summed E-state index contributed by atoms with van der Waals surface area (Å²) in [5.74, 6) is 0.677. The minimum Gasteiger partial charge on any atom is -0.494 e. The summed E-state index contributed by atoms with van der Waals surface area (Å²) in [4.78, 5) is 19.1. The standard InChI is InChI=1S/C18H18N2O2S2/c1-3-22-14-8-6-13(7-9-14)17(21)19-11-16-12(2)20-18(24-16)15-5-4-10-23-15/h4-10H,3,11H2,1-2H3,(H,19,21). The number of hydrogen-bond acceptors (Lipinski definition) is 5. The molecule has 0 fully saturated rings. The van der Waals surface area contributed by atoms with Gasteiger partial charge in [-0.1, -0.05) is 6.07 Å². The van der Waals surface area contributed by atoms with Gasteiger partial charge in [-0.2, -0.15) is 0 Å². The molecule has 124 valence electrons. The van der Waals surface area contributed by atoms with Gasteiger partial charge < -0.3 is 10.1 Å². The Bertz CT molecular complexity index is 808. The minimum absolute atomic E-state index is 0.0940. The average molecular weight is 358 g/mol. The largest absolute Gasteiger partial charge is 0.494 e. The molecule has 0 radical (unpaired) electrons. The number of carbonyl (C=O) groups excluding carboxylic acids is 1. The van der Waals surface area contributed by atoms with E-state index in [0.717, 1.165) is 26.2 Å². The Labute approximate surface area is 149 Å². The first-order valence-electron chi connectivity index (χ1n) is 7.68. The Morgan fingerprint density at radius 2 is 2.04 bits per heavy atom. The zero-order valence-electron chi connectivity index (χ0n) is 13.5. The molecule has 6 heteroatoms. The van der Waals surface area contributed by atoms with Gasteiger partial charge >= 0.3 is 0 Å². The summed E-state index contributed by atoms with van der Waals surface area (Å²) < 4.78 is 5.39. The third-order valence-corrected chi connectivity index (χ3v) is 5.66. The number of amides is 1. The molecule has 0 saturated heterocycles. The van der Waals surface area contributed by atoms with Crippen molar-refractivity contribution in [2.45, 2.75) is 20.4 Å². The second-order valence-corrected chi connectivity index (χ2v) is 7.18. The van der Waals surface area contributed by atoms with Gasteiger partial charge in [0.1, 0.15) is 10.8 Å². The molecule has 1 amide bonds. The van der Waals surface area contributed by atoms with E-state index >= 15 is 0 Å². The fraction of sp³-hybridized carbons (Fsp3) is 0.222. The van der Waals surface area contributed by atoms with Gasteiger partial charge in [-0.25, -0.2) is 4.98 Å². The summed E-state index contributed by atoms with van der Waals surface area (Å²) in [7, 11) is 0. The van der Waals surface area contributed by atoms with E-state index in [1.807, 2.05) is 37.4 Å². The SMILES string of the molecule is CCOc1ccc(C(=O)NCc2sc(-c3cccs3)nc2C)cc1. The van der Waals surface area contributed by atoms with Crippen molar-refractivity contribution in [1.82, 2.24) is 10.3 Å². The van der Waals surface area contributed by atoms with Crippen LogP contribution in [0.2, 0.25) is 0 Å². The number of thiazole rings is 1. The summed E-state index contributed by atoms with van der Waals surface area (Å²) in [6.45, 7) is 5.01. The molecule has 3 aromatic rings. The summed E-state index contributed by atoms with van der Waals surface area (Å²) in [6, 6.07) is 11.2. The number of aryl methyl sites for hydroxylation is 1. The number of hydrogen-bond donors (Lipinski definition) is 1. The number of thiophene rings is 1. The first-order chi connectivity index (χ1) is 11.7. The van der Waals surface area contributed by atoms with Crippen LogP contribution in [0.4, 0.5) is 0 Å². The van der Waals surface area contributed by atoms with Crippen molar-refractivity contribution >= 4 is 28.6 Å². The second-order valence-electron chi connectivity index (χ2n) is 5.14. The zero-order chi connectivity index (χ0) is 16.9. The van der Waals surface area contributed by atoms with Crippen molar-refractivity contribution in [2.75, 3.05) is 6.61 Å². The first kappa shape index (κ1) is 16.7. The molecule has 4 nitrogen and oxygen atoms in total. The van der Waals surface area contributed by atoms with Gasteiger partial charge in [0.2, 0.25) is 0 Å². The predicted octanol–water partition coefficient (Wildman–Crippen LogP) is 4.51. The summed E-state index contributed by atoms with van der Waals surface area (Å²) in [5.41, 5.74) is 1.59. The lowest BCUT2D eigenvalue weighted by molar-refractivity contribution is 0.0951. The normalized spacial score (nSPS) is 10.6. The third kappa shape index (κ3) is 3.83. The first-order valence-corrected chi connectivity index (χ1v) is 9.38. The quantitative estimate of drug-likeness (QED) is 0.705. The smallest absolute Gasteiger partial charge is 0.251 e. The lowest BCUT2D eigenvalue weighted by atomic mass is 10.2. The molecule has 0 atom stereocenters. The molecule has 3 rings (SSSR count). The maximum Gasteiger partial charge on any atom is 0.251 e. The van der Waals surface area contributed by atoms with Crippen LogP contribution in [0.1, 0.15) is 27.9 Å². The van der Waals surface area contributed by atoms with E-state index in [1.165, 1.54) is 0 Å². The number of nitrogens with zero attached hydrogens (tertiary/aromatic N) is 1. The number of benzene rings is 1. The highest BCUT2D eigenvalue weighted by Gasteiger charge is 2.12. The molecule has 0 aliphatic heterocycles. The highest BCUT2D eigenvalue weighted by Crippen LogP contribution is 2.31. The van der Waals surface area contributed by atoms with E-state index in [2.05, 4.69) is 16.4 Å². The highest BCUT2D eigenvalue weighted by molar-refractivity contribution is 7.21. The Kier molecular flexibility index (Phi) is 5.27. The number of carbonyl (C=O) groups is 1. The van der Waals surface area contributed by atoms with Gasteiger partial charge in [-0.15, -0.1) is 22.7 Å². The van der Waals surface area contributed by atoms with Gasteiger partial charge in [-0.05, 0) is 49.6 Å². The van der Waals surface area contributed by atoms with Crippen LogP contribution in [-0.2, 0) is 6.54 Å². The molecule has 24 heavy (non-hydrogen) atoms. The number of rotatable bonds is 6. The van der Waals surface area contributed by atoms with Gasteiger partial charge in [0.05, 0.1) is 23.7 Å². The fourth-order valence-corrected chi connectivity index (χ4v) is 4.03. The van der Waals surface area contributed by atoms with E-state index in [4.69, 9.17) is 4.74 Å². The van der Waals surface area contributed by atoms with Crippen molar-refractivity contribution in [3.63, 3.8) is 0 Å². The predicted molar refractivity (Wildman–Crippen MR) is 98.9 cm³/mol. The molecular formula is C18H18N2O2S2. The molecular weight excluding hydrogens is 340 g/mol. The Morgan fingerprint density at radius 1 is 1.25 bits per heavy atom. The van der Waals surface area contributed by atoms with E-state index < -0.39 is 0 Å². The Morgan fingerprint density at radius 3 is 2.71 bits per heavy atom. The van der Waals surface area contributed by atoms with Crippen LogP contribution in [0, 0.1) is 6.92 Å². The zero-order valence-corrected chi connectivity index (χ0v) is 15.2. The summed E-state index contributed by atoms with van der Waals surface area (Å²) in [5, 5.41) is 6.01. The summed E-state index contributed by atoms with van der Waals surface area (Å²) in [6.07, 6.45) is 0. The van der Waals surface area contributed by atoms with Crippen molar-refractivity contribution in [1.29, 1.82) is 0 Å². The van der Waals surface area contributed by atoms with Crippen LogP contribution in [0.15, 0.2) is 41.8 Å². The molecule has 0 bridgehead atoms. The van der Waals surface area contributed by atoms with E-state index in [-0.39, 0.29) is 5.91 Å². The van der Waals surface area contributed by atoms with E-state index in [0.29, 0.717) is 18.7 Å². The van der Waals surface area contributed by atoms with Gasteiger partial charge in [0.25, 0.3) is 5.91 Å². The lowest BCUT2D eigenvalue weighted by Gasteiger charge is -2.06. The van der Waals surface area contributed by atoms with Gasteiger partial charge in [0, 0.05) is 10.4 Å². The molecule has 1 aromatic carbocycles. The van der Waals surface area contributed by atoms with E-state index in [9.17, 15) is 4.79 Å². The molecule has 0 unspecified atom stereocenters. The maximum absolute atomic E-state index is 12.3. The average Bonchev–Trinajstić information content (AvgIpc) is 3.23. The van der Waals surface area contributed by atoms with Crippen LogP contribution < -0.4 is 10.1 Å². The molecule has 0 aliphatic rings. The van der Waals surface area contributed by atoms with Crippen LogP contribution in [0.5, 0.6) is 5.75 Å². The maximum atomic E-state index is 12.3. The summed E-state index contributed by atoms with van der Waals surface area (Å²) >= 11 is 3.30. The van der Waals surface area contributed by atoms with Crippen molar-refractivity contribution < 1.29 is 9.53 Å². The number of nitrogens with one attached hydrogen (secondary N) is 1. The van der Waals surface area contributed by atoms with Gasteiger partial charge in [-0.3, -0.25) is 4.79 Å². The molecule has 2 heterocycles. The molecule has 2 aromatic heterocycles. The lowest BCUT2D eigenvalue weighted by Crippen LogP contribution is -2.22. The van der Waals surface area contributed by atoms with E-state index in [1.54, 1.807) is 34.8 Å². The molecule has 0 spiro atoms. The Balaban J connectivity index is 1.64.